The molecule has 0 saturated heterocycles. The van der Waals surface area contributed by atoms with Crippen molar-refractivity contribution in [1.29, 1.82) is 0 Å². The molecule has 4 rings (SSSR count). The van der Waals surface area contributed by atoms with Crippen LogP contribution < -0.4 is 9.47 Å². The smallest absolute Gasteiger partial charge is 0.306 e. The molecule has 1 N–H and O–H groups in total. The molecule has 2 atom stereocenters. The maximum atomic E-state index is 11.5. The number of carboxylic acids is 1. The van der Waals surface area contributed by atoms with Crippen LogP contribution in [0.1, 0.15) is 55.6 Å². The second-order valence-electron chi connectivity index (χ2n) is 8.68. The molecule has 2 aromatic rings. The zero-order valence-corrected chi connectivity index (χ0v) is 17.2. The van der Waals surface area contributed by atoms with Gasteiger partial charge in [0.25, 0.3) is 0 Å². The van der Waals surface area contributed by atoms with E-state index in [2.05, 4.69) is 30.3 Å². The summed E-state index contributed by atoms with van der Waals surface area (Å²) in [5, 5.41) is 9.49. The standard InChI is InChI=1S/C25H30O4/c1-16(25(26)27)24(18-9-10-18)20-6-4-8-23(14-20)29-15-17-11-21(12-17)19-5-3-7-22(13-19)28-2/h3-8,13-14,16-18,21,24H,9-12,15H2,1-2H3,(H,26,27)/t16-,17?,21?,24?/m0/s1. The molecular weight excluding hydrogens is 364 g/mol. The maximum Gasteiger partial charge on any atom is 0.306 e. The third-order valence-corrected chi connectivity index (χ3v) is 6.59. The average molecular weight is 395 g/mol. The third kappa shape index (κ3) is 4.58. The fourth-order valence-electron chi connectivity index (χ4n) is 4.64. The molecule has 0 heterocycles. The van der Waals surface area contributed by atoms with Crippen molar-refractivity contribution in [2.75, 3.05) is 13.7 Å². The molecule has 0 aliphatic heterocycles. The van der Waals surface area contributed by atoms with Gasteiger partial charge in [-0.1, -0.05) is 31.2 Å². The Bertz CT molecular complexity index is 851. The second kappa shape index (κ2) is 8.48. The SMILES string of the molecule is COc1cccc(C2CC(COc3cccc(C(C4CC4)[C@H](C)C(=O)O)c3)C2)c1. The predicted octanol–water partition coefficient (Wildman–Crippen LogP) is 5.48. The Kier molecular flexibility index (Phi) is 5.79. The summed E-state index contributed by atoms with van der Waals surface area (Å²) in [6.45, 7) is 2.54. The van der Waals surface area contributed by atoms with E-state index in [-0.39, 0.29) is 11.8 Å². The van der Waals surface area contributed by atoms with E-state index in [0.717, 1.165) is 42.7 Å². The number of benzene rings is 2. The van der Waals surface area contributed by atoms with Gasteiger partial charge in [0.15, 0.2) is 0 Å². The largest absolute Gasteiger partial charge is 0.497 e. The normalized spacial score (nSPS) is 23.0. The molecule has 0 aromatic heterocycles. The first-order chi connectivity index (χ1) is 14.0. The van der Waals surface area contributed by atoms with E-state index in [1.54, 1.807) is 7.11 Å². The van der Waals surface area contributed by atoms with Crippen LogP contribution in [0.15, 0.2) is 48.5 Å². The Morgan fingerprint density at radius 2 is 1.83 bits per heavy atom. The summed E-state index contributed by atoms with van der Waals surface area (Å²) in [5.74, 6) is 2.41. The summed E-state index contributed by atoms with van der Waals surface area (Å²) in [7, 11) is 1.70. The lowest BCUT2D eigenvalue weighted by atomic mass is 9.72. The van der Waals surface area contributed by atoms with Gasteiger partial charge in [0.1, 0.15) is 11.5 Å². The number of rotatable bonds is 9. The molecular formula is C25H30O4. The first-order valence-corrected chi connectivity index (χ1v) is 10.6. The second-order valence-corrected chi connectivity index (χ2v) is 8.68. The van der Waals surface area contributed by atoms with Crippen LogP contribution in [0.3, 0.4) is 0 Å². The summed E-state index contributed by atoms with van der Waals surface area (Å²) >= 11 is 0. The first kappa shape index (κ1) is 19.8. The lowest BCUT2D eigenvalue weighted by Crippen LogP contribution is -2.27. The first-order valence-electron chi connectivity index (χ1n) is 10.6. The van der Waals surface area contributed by atoms with Crippen LogP contribution in [-0.4, -0.2) is 24.8 Å². The van der Waals surface area contributed by atoms with Gasteiger partial charge < -0.3 is 14.6 Å². The lowest BCUT2D eigenvalue weighted by Gasteiger charge is -2.35. The summed E-state index contributed by atoms with van der Waals surface area (Å²) in [6, 6.07) is 16.4. The molecule has 29 heavy (non-hydrogen) atoms. The van der Waals surface area contributed by atoms with Gasteiger partial charge in [-0.05, 0) is 84.7 Å². The number of ether oxygens (including phenoxy) is 2. The summed E-state index contributed by atoms with van der Waals surface area (Å²) in [4.78, 5) is 11.5. The molecule has 154 valence electrons. The highest BCUT2D eigenvalue weighted by atomic mass is 16.5. The molecule has 2 aliphatic carbocycles. The van der Waals surface area contributed by atoms with Crippen molar-refractivity contribution in [1.82, 2.24) is 0 Å². The van der Waals surface area contributed by atoms with Crippen LogP contribution in [0.25, 0.3) is 0 Å². The van der Waals surface area contributed by atoms with Gasteiger partial charge in [-0.3, -0.25) is 4.79 Å². The number of hydrogen-bond acceptors (Lipinski definition) is 3. The van der Waals surface area contributed by atoms with Gasteiger partial charge in [-0.2, -0.15) is 0 Å². The van der Waals surface area contributed by atoms with Gasteiger partial charge in [0.2, 0.25) is 0 Å². The summed E-state index contributed by atoms with van der Waals surface area (Å²) in [5.41, 5.74) is 2.44. The average Bonchev–Trinajstić information content (AvgIpc) is 3.52. The van der Waals surface area contributed by atoms with Crippen molar-refractivity contribution in [3.05, 3.63) is 59.7 Å². The number of methoxy groups -OCH3 is 1. The van der Waals surface area contributed by atoms with Crippen molar-refractivity contribution in [2.24, 2.45) is 17.8 Å². The number of carbonyl (C=O) groups is 1. The molecule has 0 spiro atoms. The van der Waals surface area contributed by atoms with Crippen LogP contribution in [0.5, 0.6) is 11.5 Å². The zero-order chi connectivity index (χ0) is 20.4. The van der Waals surface area contributed by atoms with E-state index in [1.807, 2.05) is 25.1 Å². The van der Waals surface area contributed by atoms with Crippen molar-refractivity contribution >= 4 is 5.97 Å². The van der Waals surface area contributed by atoms with Crippen LogP contribution in [0.2, 0.25) is 0 Å². The minimum absolute atomic E-state index is 0.0807. The Balaban J connectivity index is 1.33. The van der Waals surface area contributed by atoms with Crippen LogP contribution in [0.4, 0.5) is 0 Å². The Labute approximate surface area is 172 Å². The number of hydrogen-bond donors (Lipinski definition) is 1. The monoisotopic (exact) mass is 394 g/mol. The molecule has 2 aromatic carbocycles. The lowest BCUT2D eigenvalue weighted by molar-refractivity contribution is -0.142. The summed E-state index contributed by atoms with van der Waals surface area (Å²) < 4.78 is 11.4. The van der Waals surface area contributed by atoms with E-state index >= 15 is 0 Å². The molecule has 2 aliphatic rings. The van der Waals surface area contributed by atoms with E-state index in [9.17, 15) is 9.90 Å². The minimum Gasteiger partial charge on any atom is -0.497 e. The van der Waals surface area contributed by atoms with Crippen molar-refractivity contribution in [2.45, 2.75) is 44.4 Å². The highest BCUT2D eigenvalue weighted by molar-refractivity contribution is 5.71. The Morgan fingerprint density at radius 3 is 2.52 bits per heavy atom. The fourth-order valence-corrected chi connectivity index (χ4v) is 4.64. The van der Waals surface area contributed by atoms with E-state index < -0.39 is 5.97 Å². The van der Waals surface area contributed by atoms with Crippen LogP contribution >= 0.6 is 0 Å². The molecule has 2 saturated carbocycles. The van der Waals surface area contributed by atoms with E-state index in [4.69, 9.17) is 9.47 Å². The van der Waals surface area contributed by atoms with Gasteiger partial charge >= 0.3 is 5.97 Å². The Hall–Kier alpha value is -2.49. The van der Waals surface area contributed by atoms with Crippen LogP contribution in [0, 0.1) is 17.8 Å². The molecule has 1 unspecified atom stereocenters. The van der Waals surface area contributed by atoms with Crippen molar-refractivity contribution in [3.8, 4) is 11.5 Å². The van der Waals surface area contributed by atoms with Crippen molar-refractivity contribution < 1.29 is 19.4 Å². The van der Waals surface area contributed by atoms with Gasteiger partial charge in [-0.15, -0.1) is 0 Å². The van der Waals surface area contributed by atoms with Crippen LogP contribution in [-0.2, 0) is 4.79 Å². The molecule has 0 bridgehead atoms. The van der Waals surface area contributed by atoms with E-state index in [0.29, 0.717) is 24.4 Å². The summed E-state index contributed by atoms with van der Waals surface area (Å²) in [6.07, 6.45) is 4.52. The fraction of sp³-hybridized carbons (Fsp3) is 0.480. The van der Waals surface area contributed by atoms with Crippen molar-refractivity contribution in [3.63, 3.8) is 0 Å². The quantitative estimate of drug-likeness (QED) is 0.612. The number of carboxylic acid groups (broad SMARTS) is 1. The van der Waals surface area contributed by atoms with Gasteiger partial charge in [-0.25, -0.2) is 0 Å². The number of aliphatic carboxylic acids is 1. The Morgan fingerprint density at radius 1 is 1.10 bits per heavy atom. The molecule has 4 nitrogen and oxygen atoms in total. The minimum atomic E-state index is -0.716. The van der Waals surface area contributed by atoms with E-state index in [1.165, 1.54) is 5.56 Å². The topological polar surface area (TPSA) is 55.8 Å². The highest BCUT2D eigenvalue weighted by Gasteiger charge is 2.38. The highest BCUT2D eigenvalue weighted by Crippen LogP contribution is 2.47. The van der Waals surface area contributed by atoms with Gasteiger partial charge in [0.05, 0.1) is 19.6 Å². The van der Waals surface area contributed by atoms with Gasteiger partial charge in [0, 0.05) is 0 Å². The maximum absolute atomic E-state index is 11.5. The molecule has 4 heteroatoms. The molecule has 0 amide bonds. The third-order valence-electron chi connectivity index (χ3n) is 6.59. The molecule has 0 radical (unpaired) electrons. The zero-order valence-electron chi connectivity index (χ0n) is 17.2. The predicted molar refractivity (Wildman–Crippen MR) is 113 cm³/mol. The molecule has 2 fully saturated rings.